The Morgan fingerprint density at radius 3 is 2.55 bits per heavy atom. The van der Waals surface area contributed by atoms with Crippen molar-refractivity contribution in [2.45, 2.75) is 47.5 Å². The first-order chi connectivity index (χ1) is 13.8. The topological polar surface area (TPSA) is 61.9 Å². The number of carbonyl (C=O) groups is 2. The molecule has 1 aromatic carbocycles. The highest BCUT2D eigenvalue weighted by Gasteiger charge is 2.33. The lowest BCUT2D eigenvalue weighted by atomic mass is 9.91. The van der Waals surface area contributed by atoms with Crippen LogP contribution in [0.25, 0.3) is 0 Å². The Hall–Kier alpha value is -2.08. The first kappa shape index (κ1) is 23.2. The number of nitrogens with one attached hydrogen (secondary N) is 1. The third-order valence-electron chi connectivity index (χ3n) is 5.43. The maximum absolute atomic E-state index is 12.9. The number of para-hydroxylation sites is 2. The summed E-state index contributed by atoms with van der Waals surface area (Å²) in [4.78, 5) is 29.6. The molecule has 1 saturated heterocycles. The molecule has 2 amide bonds. The van der Waals surface area contributed by atoms with Crippen LogP contribution in [0.4, 0.5) is 5.69 Å². The molecule has 162 valence electrons. The molecule has 6 nitrogen and oxygen atoms in total. The molecule has 1 fully saturated rings. The normalized spacial score (nSPS) is 17.3. The molecular weight excluding hydrogens is 366 g/mol. The molecule has 0 aromatic heterocycles. The van der Waals surface area contributed by atoms with Crippen molar-refractivity contribution < 1.29 is 14.3 Å². The van der Waals surface area contributed by atoms with Gasteiger partial charge in [0.15, 0.2) is 0 Å². The van der Waals surface area contributed by atoms with Crippen molar-refractivity contribution in [1.29, 1.82) is 0 Å². The number of benzene rings is 1. The predicted molar refractivity (Wildman–Crippen MR) is 117 cm³/mol. The molecule has 29 heavy (non-hydrogen) atoms. The molecule has 1 aliphatic heterocycles. The molecular formula is C23H37N3O3. The van der Waals surface area contributed by atoms with Crippen molar-refractivity contribution in [3.63, 3.8) is 0 Å². The molecule has 0 bridgehead atoms. The third kappa shape index (κ3) is 6.74. The van der Waals surface area contributed by atoms with E-state index in [0.717, 1.165) is 39.0 Å². The number of ether oxygens (including phenoxy) is 1. The van der Waals surface area contributed by atoms with Crippen molar-refractivity contribution in [1.82, 2.24) is 9.80 Å². The van der Waals surface area contributed by atoms with Gasteiger partial charge in [-0.3, -0.25) is 9.59 Å². The molecule has 6 heteroatoms. The third-order valence-corrected chi connectivity index (χ3v) is 5.43. The monoisotopic (exact) mass is 403 g/mol. The van der Waals surface area contributed by atoms with Gasteiger partial charge in [-0.05, 0) is 38.1 Å². The van der Waals surface area contributed by atoms with E-state index in [-0.39, 0.29) is 17.7 Å². The lowest BCUT2D eigenvalue weighted by Gasteiger charge is -2.36. The van der Waals surface area contributed by atoms with Gasteiger partial charge in [-0.15, -0.1) is 0 Å². The maximum atomic E-state index is 12.9. The number of hydrogen-bond acceptors (Lipinski definition) is 4. The van der Waals surface area contributed by atoms with Crippen molar-refractivity contribution in [3.05, 3.63) is 24.3 Å². The van der Waals surface area contributed by atoms with E-state index in [2.05, 4.69) is 24.1 Å². The summed E-state index contributed by atoms with van der Waals surface area (Å²) < 4.78 is 5.94. The zero-order valence-electron chi connectivity index (χ0n) is 18.7. The summed E-state index contributed by atoms with van der Waals surface area (Å²) in [7, 11) is 0. The second kappa shape index (κ2) is 10.6. The number of nitrogens with zero attached hydrogens (tertiary/aromatic N) is 2. The van der Waals surface area contributed by atoms with Gasteiger partial charge in [0.2, 0.25) is 11.8 Å². The number of anilines is 1. The van der Waals surface area contributed by atoms with Gasteiger partial charge in [-0.2, -0.15) is 0 Å². The molecule has 0 aliphatic carbocycles. The largest absolute Gasteiger partial charge is 0.490 e. The van der Waals surface area contributed by atoms with E-state index in [9.17, 15) is 9.59 Å². The lowest BCUT2D eigenvalue weighted by molar-refractivity contribution is -0.142. The van der Waals surface area contributed by atoms with Gasteiger partial charge in [0.25, 0.3) is 0 Å². The van der Waals surface area contributed by atoms with Crippen LogP contribution in [0.15, 0.2) is 24.3 Å². The van der Waals surface area contributed by atoms with Gasteiger partial charge in [0.05, 0.1) is 11.6 Å². The van der Waals surface area contributed by atoms with E-state index in [1.807, 2.05) is 49.9 Å². The first-order valence-corrected chi connectivity index (χ1v) is 10.8. The molecule has 2 rings (SSSR count). The van der Waals surface area contributed by atoms with Crippen LogP contribution in [-0.4, -0.2) is 60.9 Å². The number of likely N-dealkylation sites (tertiary alicyclic amines) is 1. The molecule has 1 aromatic rings. The summed E-state index contributed by atoms with van der Waals surface area (Å²) in [6.45, 7) is 14.6. The Morgan fingerprint density at radius 1 is 1.21 bits per heavy atom. The molecule has 1 N–H and O–H groups in total. The number of rotatable bonds is 8. The second-order valence-electron chi connectivity index (χ2n) is 8.70. The first-order valence-electron chi connectivity index (χ1n) is 10.8. The van der Waals surface area contributed by atoms with Crippen molar-refractivity contribution >= 4 is 17.5 Å². The van der Waals surface area contributed by atoms with Crippen LogP contribution < -0.4 is 10.1 Å². The zero-order chi connectivity index (χ0) is 21.4. The molecule has 0 saturated carbocycles. The fourth-order valence-electron chi connectivity index (χ4n) is 3.61. The van der Waals surface area contributed by atoms with E-state index < -0.39 is 5.41 Å². The number of carbonyl (C=O) groups excluding carboxylic acids is 2. The Labute approximate surface area is 175 Å². The number of piperidine rings is 1. The van der Waals surface area contributed by atoms with Gasteiger partial charge in [-0.25, -0.2) is 0 Å². The lowest BCUT2D eigenvalue weighted by Crippen LogP contribution is -2.47. The van der Waals surface area contributed by atoms with Crippen LogP contribution in [0.3, 0.4) is 0 Å². The second-order valence-corrected chi connectivity index (χ2v) is 8.70. The average molecular weight is 404 g/mol. The quantitative estimate of drug-likeness (QED) is 0.720. The Kier molecular flexibility index (Phi) is 8.50. The van der Waals surface area contributed by atoms with Crippen LogP contribution in [0.5, 0.6) is 5.75 Å². The van der Waals surface area contributed by atoms with Gasteiger partial charge in [0.1, 0.15) is 12.4 Å². The minimum Gasteiger partial charge on any atom is -0.490 e. The Balaban J connectivity index is 1.97. The summed E-state index contributed by atoms with van der Waals surface area (Å²) >= 11 is 0. The number of likely N-dealkylation sites (N-methyl/N-ethyl adjacent to an activating group) is 1. The molecule has 1 heterocycles. The summed E-state index contributed by atoms with van der Waals surface area (Å²) in [5, 5.41) is 3.03. The standard InChI is InChI=1S/C23H37N3O3/c1-6-25(7-2)15-16-29-20-13-9-8-12-19(20)24-21(27)18-11-10-14-26(17-18)22(28)23(3,4)5/h8-9,12-13,18H,6-7,10-11,14-17H2,1-5H3,(H,24,27). The molecule has 1 unspecified atom stereocenters. The number of hydrogen-bond donors (Lipinski definition) is 1. The molecule has 1 aliphatic rings. The minimum atomic E-state index is -0.427. The van der Waals surface area contributed by atoms with E-state index in [0.29, 0.717) is 24.6 Å². The van der Waals surface area contributed by atoms with Crippen LogP contribution in [0.1, 0.15) is 47.5 Å². The van der Waals surface area contributed by atoms with E-state index in [1.54, 1.807) is 0 Å². The van der Waals surface area contributed by atoms with E-state index in [1.165, 1.54) is 0 Å². The zero-order valence-corrected chi connectivity index (χ0v) is 18.7. The summed E-state index contributed by atoms with van der Waals surface area (Å²) in [5.74, 6) is 0.552. The summed E-state index contributed by atoms with van der Waals surface area (Å²) in [5.41, 5.74) is 0.264. The highest BCUT2D eigenvalue weighted by atomic mass is 16.5. The van der Waals surface area contributed by atoms with Crippen LogP contribution in [-0.2, 0) is 9.59 Å². The van der Waals surface area contributed by atoms with E-state index >= 15 is 0 Å². The Bertz CT molecular complexity index is 680. The molecule has 0 radical (unpaired) electrons. The molecule has 1 atom stereocenters. The fraction of sp³-hybridized carbons (Fsp3) is 0.652. The number of amides is 2. The van der Waals surface area contributed by atoms with Crippen molar-refractivity contribution in [2.24, 2.45) is 11.3 Å². The van der Waals surface area contributed by atoms with Gasteiger partial charge < -0.3 is 19.9 Å². The fourth-order valence-corrected chi connectivity index (χ4v) is 3.61. The van der Waals surface area contributed by atoms with Gasteiger partial charge in [-0.1, -0.05) is 46.8 Å². The van der Waals surface area contributed by atoms with Crippen molar-refractivity contribution in [3.8, 4) is 5.75 Å². The molecule has 0 spiro atoms. The SMILES string of the molecule is CCN(CC)CCOc1ccccc1NC(=O)C1CCCN(C(=O)C(C)(C)C)C1. The summed E-state index contributed by atoms with van der Waals surface area (Å²) in [6.07, 6.45) is 1.65. The van der Waals surface area contributed by atoms with Crippen molar-refractivity contribution in [2.75, 3.05) is 44.6 Å². The van der Waals surface area contributed by atoms with Crippen LogP contribution >= 0.6 is 0 Å². The smallest absolute Gasteiger partial charge is 0.229 e. The summed E-state index contributed by atoms with van der Waals surface area (Å²) in [6, 6.07) is 7.55. The van der Waals surface area contributed by atoms with Gasteiger partial charge in [0, 0.05) is 25.0 Å². The highest BCUT2D eigenvalue weighted by Crippen LogP contribution is 2.27. The maximum Gasteiger partial charge on any atom is 0.229 e. The highest BCUT2D eigenvalue weighted by molar-refractivity contribution is 5.94. The Morgan fingerprint density at radius 2 is 1.90 bits per heavy atom. The van der Waals surface area contributed by atoms with Gasteiger partial charge >= 0.3 is 0 Å². The van der Waals surface area contributed by atoms with Crippen LogP contribution in [0, 0.1) is 11.3 Å². The van der Waals surface area contributed by atoms with Crippen LogP contribution in [0.2, 0.25) is 0 Å². The van der Waals surface area contributed by atoms with E-state index in [4.69, 9.17) is 4.74 Å². The average Bonchev–Trinajstić information content (AvgIpc) is 2.71. The minimum absolute atomic E-state index is 0.0452. The predicted octanol–water partition coefficient (Wildman–Crippen LogP) is 3.63.